The van der Waals surface area contributed by atoms with E-state index in [-0.39, 0.29) is 22.4 Å². The molecule has 0 aromatic carbocycles. The predicted octanol–water partition coefficient (Wildman–Crippen LogP) is 6.62. The number of aliphatic hydroxyl groups is 1. The normalized spacial score (nSPS) is 45.7. The Morgan fingerprint density at radius 1 is 0.861 bits per heavy atom. The quantitative estimate of drug-likeness (QED) is 0.490. The molecule has 5 aliphatic heterocycles. The summed E-state index contributed by atoms with van der Waals surface area (Å²) in [6.45, 7) is 6.01. The van der Waals surface area contributed by atoms with E-state index in [1.807, 2.05) is 18.8 Å². The Hall–Kier alpha value is -1.21. The molecule has 5 nitrogen and oxygen atoms in total. The van der Waals surface area contributed by atoms with E-state index >= 15 is 0 Å². The molecule has 6 heteroatoms. The third-order valence-corrected chi connectivity index (χ3v) is 12.8. The Balaban J connectivity index is 1.16. The molecule has 0 radical (unpaired) electrons. The summed E-state index contributed by atoms with van der Waals surface area (Å²) in [7, 11) is 0. The molecule has 0 unspecified atom stereocenters. The lowest BCUT2D eigenvalue weighted by Gasteiger charge is -2.57. The van der Waals surface area contributed by atoms with E-state index < -0.39 is 0 Å². The maximum Gasteiger partial charge on any atom is 0.114 e. The first kappa shape index (κ1) is 23.9. The summed E-state index contributed by atoms with van der Waals surface area (Å²) in [5.41, 5.74) is 2.60. The zero-order chi connectivity index (χ0) is 24.5. The lowest BCUT2D eigenvalue weighted by molar-refractivity contribution is -0.182. The summed E-state index contributed by atoms with van der Waals surface area (Å²) in [4.78, 5) is 5.38. The van der Waals surface area contributed by atoms with Crippen molar-refractivity contribution in [3.63, 3.8) is 0 Å². The molecule has 196 valence electrons. The second-order valence-electron chi connectivity index (χ2n) is 13.0. The van der Waals surface area contributed by atoms with Crippen molar-refractivity contribution in [3.8, 4) is 0 Å². The number of furan rings is 2. The highest BCUT2D eigenvalue weighted by Gasteiger charge is 2.60. The SMILES string of the molecule is C[C@@H]1CC[C@@H](c2ccoc2)N2C[C@@]3(CC[C@@H]12)C[C@@]1(CC[C@H]2[C@H](C)CC[C@@H](c4ccoc4)N2[C@@H]1O)CS3. The van der Waals surface area contributed by atoms with Crippen molar-refractivity contribution in [2.24, 2.45) is 17.3 Å². The molecule has 0 amide bonds. The lowest BCUT2D eigenvalue weighted by atomic mass is 9.66. The fraction of sp³-hybridized carbons (Fsp3) is 0.733. The monoisotopic (exact) mass is 510 g/mol. The number of fused-ring (bicyclic) bond motifs is 2. The van der Waals surface area contributed by atoms with Gasteiger partial charge in [-0.2, -0.15) is 11.8 Å². The molecule has 9 atom stereocenters. The summed E-state index contributed by atoms with van der Waals surface area (Å²) < 4.78 is 11.3. The van der Waals surface area contributed by atoms with E-state index in [0.29, 0.717) is 24.0 Å². The van der Waals surface area contributed by atoms with Crippen molar-refractivity contribution in [2.45, 2.75) is 107 Å². The van der Waals surface area contributed by atoms with Crippen LogP contribution in [0.3, 0.4) is 0 Å². The van der Waals surface area contributed by atoms with Gasteiger partial charge in [-0.3, -0.25) is 9.80 Å². The van der Waals surface area contributed by atoms with E-state index in [9.17, 15) is 5.11 Å². The second-order valence-corrected chi connectivity index (χ2v) is 14.4. The zero-order valence-electron chi connectivity index (χ0n) is 21.9. The number of thioether (sulfide) groups is 1. The van der Waals surface area contributed by atoms with Crippen LogP contribution in [0.25, 0.3) is 0 Å². The standard InChI is InChI=1S/C30H42N2O3S/c1-20-3-5-26(22-9-13-34-15-22)31-18-30(12-8-24(20)31)17-29(19-36-30)11-7-25-21(2)4-6-27(32(25)28(29)33)23-10-14-35-16-23/h9-10,13-16,20-21,24-28,33H,3-8,11-12,17-19H2,1-2H3/t20-,21-,24+,25+,26+,27+,28-,29+,30-/m1/s1. The highest BCUT2D eigenvalue weighted by molar-refractivity contribution is 8.01. The van der Waals surface area contributed by atoms with Crippen LogP contribution in [0.5, 0.6) is 0 Å². The first-order chi connectivity index (χ1) is 17.5. The van der Waals surface area contributed by atoms with Gasteiger partial charge in [0.1, 0.15) is 6.23 Å². The highest BCUT2D eigenvalue weighted by atomic mass is 32.2. The van der Waals surface area contributed by atoms with Crippen LogP contribution >= 0.6 is 11.8 Å². The molecule has 36 heavy (non-hydrogen) atoms. The van der Waals surface area contributed by atoms with Crippen LogP contribution in [0, 0.1) is 17.3 Å². The van der Waals surface area contributed by atoms with Gasteiger partial charge in [-0.05, 0) is 81.8 Å². The van der Waals surface area contributed by atoms with Crippen LogP contribution in [-0.4, -0.2) is 50.3 Å². The highest BCUT2D eigenvalue weighted by Crippen LogP contribution is 2.62. The molecule has 0 bridgehead atoms. The van der Waals surface area contributed by atoms with Gasteiger partial charge in [-0.25, -0.2) is 0 Å². The number of piperidine rings is 4. The summed E-state index contributed by atoms with van der Waals surface area (Å²) in [5.74, 6) is 2.50. The van der Waals surface area contributed by atoms with Gasteiger partial charge in [0.15, 0.2) is 0 Å². The first-order valence-electron chi connectivity index (χ1n) is 14.4. The predicted molar refractivity (Wildman–Crippen MR) is 143 cm³/mol. The number of aliphatic hydroxyl groups excluding tert-OH is 1. The van der Waals surface area contributed by atoms with Gasteiger partial charge in [0.25, 0.3) is 0 Å². The van der Waals surface area contributed by atoms with Gasteiger partial charge in [0.05, 0.1) is 25.1 Å². The molecule has 2 aromatic rings. The first-order valence-corrected chi connectivity index (χ1v) is 15.4. The number of hydrogen-bond donors (Lipinski definition) is 1. The van der Waals surface area contributed by atoms with Crippen LogP contribution in [0.4, 0.5) is 0 Å². The van der Waals surface area contributed by atoms with Gasteiger partial charge in [-0.1, -0.05) is 13.8 Å². The molecule has 0 aliphatic carbocycles. The van der Waals surface area contributed by atoms with Crippen molar-refractivity contribution in [3.05, 3.63) is 48.3 Å². The fourth-order valence-corrected chi connectivity index (χ4v) is 10.9. The summed E-state index contributed by atoms with van der Waals surface area (Å²) in [5, 5.41) is 12.2. The van der Waals surface area contributed by atoms with E-state index in [0.717, 1.165) is 37.5 Å². The molecule has 5 fully saturated rings. The summed E-state index contributed by atoms with van der Waals surface area (Å²) >= 11 is 2.20. The van der Waals surface area contributed by atoms with Crippen molar-refractivity contribution in [1.82, 2.24) is 9.80 Å². The van der Waals surface area contributed by atoms with E-state index in [2.05, 4.69) is 47.5 Å². The van der Waals surface area contributed by atoms with Gasteiger partial charge in [0, 0.05) is 57.8 Å². The average molecular weight is 511 g/mol. The van der Waals surface area contributed by atoms with E-state index in [1.54, 1.807) is 6.26 Å². The molecule has 2 spiro atoms. The number of hydrogen-bond acceptors (Lipinski definition) is 6. The average Bonchev–Trinajstić information content (AvgIpc) is 3.65. The molecule has 0 saturated carbocycles. The van der Waals surface area contributed by atoms with Crippen LogP contribution in [0.15, 0.2) is 46.0 Å². The molecular formula is C30H42N2O3S. The molecule has 5 saturated heterocycles. The van der Waals surface area contributed by atoms with Crippen molar-refractivity contribution in [1.29, 1.82) is 0 Å². The molecular weight excluding hydrogens is 468 g/mol. The third kappa shape index (κ3) is 3.69. The van der Waals surface area contributed by atoms with Crippen LogP contribution in [0.1, 0.15) is 94.8 Å². The smallest absolute Gasteiger partial charge is 0.114 e. The van der Waals surface area contributed by atoms with Gasteiger partial charge < -0.3 is 13.9 Å². The maximum absolute atomic E-state index is 12.2. The molecule has 5 aliphatic rings. The molecule has 7 rings (SSSR count). The molecule has 2 aromatic heterocycles. The van der Waals surface area contributed by atoms with Gasteiger partial charge in [-0.15, -0.1) is 0 Å². The van der Waals surface area contributed by atoms with Gasteiger partial charge in [0.2, 0.25) is 0 Å². The van der Waals surface area contributed by atoms with Crippen LogP contribution in [-0.2, 0) is 0 Å². The topological polar surface area (TPSA) is 53.0 Å². The second kappa shape index (κ2) is 8.93. The van der Waals surface area contributed by atoms with Crippen molar-refractivity contribution < 1.29 is 13.9 Å². The Morgan fingerprint density at radius 3 is 2.25 bits per heavy atom. The van der Waals surface area contributed by atoms with Crippen molar-refractivity contribution in [2.75, 3.05) is 12.3 Å². The van der Waals surface area contributed by atoms with Crippen LogP contribution < -0.4 is 0 Å². The minimum Gasteiger partial charge on any atom is -0.472 e. The van der Waals surface area contributed by atoms with Crippen LogP contribution in [0.2, 0.25) is 0 Å². The number of rotatable bonds is 2. The Bertz CT molecular complexity index is 1040. The van der Waals surface area contributed by atoms with Gasteiger partial charge >= 0.3 is 0 Å². The Labute approximate surface area is 220 Å². The lowest BCUT2D eigenvalue weighted by Crippen LogP contribution is -2.62. The fourth-order valence-electron chi connectivity index (χ4n) is 9.05. The maximum atomic E-state index is 12.2. The van der Waals surface area contributed by atoms with Crippen molar-refractivity contribution >= 4 is 11.8 Å². The summed E-state index contributed by atoms with van der Waals surface area (Å²) in [6, 6.07) is 6.21. The third-order valence-electron chi connectivity index (χ3n) is 11.0. The minimum atomic E-state index is -0.367. The zero-order valence-corrected chi connectivity index (χ0v) is 22.7. The summed E-state index contributed by atoms with van der Waals surface area (Å²) in [6.07, 6.45) is 18.1. The molecule has 7 heterocycles. The largest absolute Gasteiger partial charge is 0.472 e. The molecule has 1 N–H and O–H groups in total. The minimum absolute atomic E-state index is 0.000408. The Kier molecular flexibility index (Phi) is 5.92. The van der Waals surface area contributed by atoms with E-state index in [4.69, 9.17) is 8.83 Å². The Morgan fingerprint density at radius 2 is 1.53 bits per heavy atom. The number of nitrogens with zero attached hydrogens (tertiary/aromatic N) is 2. The van der Waals surface area contributed by atoms with E-state index in [1.165, 1.54) is 49.7 Å².